The van der Waals surface area contributed by atoms with Crippen molar-refractivity contribution < 1.29 is 17.6 Å². The van der Waals surface area contributed by atoms with E-state index < -0.39 is 10.0 Å². The fourth-order valence-electron chi connectivity index (χ4n) is 3.60. The zero-order valence-electron chi connectivity index (χ0n) is 18.1. The van der Waals surface area contributed by atoms with Gasteiger partial charge in [0.2, 0.25) is 21.8 Å². The van der Waals surface area contributed by atoms with Crippen LogP contribution >= 0.6 is 11.8 Å². The Hall–Kier alpha value is -2.69. The lowest BCUT2D eigenvalue weighted by Crippen LogP contribution is -2.31. The number of hydrogen-bond donors (Lipinski definition) is 1. The summed E-state index contributed by atoms with van der Waals surface area (Å²) in [6, 6.07) is 16.1. The quantitative estimate of drug-likeness (QED) is 0.481. The molecule has 1 saturated heterocycles. The van der Waals surface area contributed by atoms with Crippen molar-refractivity contribution in [2.45, 2.75) is 42.2 Å². The molecule has 1 aliphatic heterocycles. The van der Waals surface area contributed by atoms with Crippen LogP contribution in [0.5, 0.6) is 0 Å². The van der Waals surface area contributed by atoms with E-state index in [4.69, 9.17) is 4.42 Å². The maximum absolute atomic E-state index is 12.9. The molecule has 2 aromatic carbocycles. The smallest absolute Gasteiger partial charge is 0.277 e. The first-order chi connectivity index (χ1) is 16.0. The molecule has 10 heteroatoms. The summed E-state index contributed by atoms with van der Waals surface area (Å²) >= 11 is 1.15. The van der Waals surface area contributed by atoms with Gasteiger partial charge in [-0.25, -0.2) is 8.42 Å². The van der Waals surface area contributed by atoms with E-state index in [0.717, 1.165) is 43.0 Å². The summed E-state index contributed by atoms with van der Waals surface area (Å²) in [5.41, 5.74) is 1.60. The van der Waals surface area contributed by atoms with Crippen molar-refractivity contribution in [2.24, 2.45) is 0 Å². The number of aromatic nitrogens is 2. The average molecular weight is 487 g/mol. The number of rotatable bonds is 8. The fraction of sp³-hybridized carbons (Fsp3) is 0.348. The van der Waals surface area contributed by atoms with E-state index in [0.29, 0.717) is 36.3 Å². The molecule has 1 fully saturated rings. The monoisotopic (exact) mass is 486 g/mol. The molecule has 4 rings (SSSR count). The van der Waals surface area contributed by atoms with Crippen molar-refractivity contribution in [1.82, 2.24) is 14.5 Å². The van der Waals surface area contributed by atoms with E-state index in [1.165, 1.54) is 12.1 Å². The van der Waals surface area contributed by atoms with Crippen LogP contribution in [0.25, 0.3) is 0 Å². The Balaban J connectivity index is 1.28. The molecule has 174 valence electrons. The van der Waals surface area contributed by atoms with Crippen molar-refractivity contribution >= 4 is 33.4 Å². The lowest BCUT2D eigenvalue weighted by molar-refractivity contribution is -0.113. The Morgan fingerprint density at radius 2 is 1.67 bits per heavy atom. The summed E-state index contributed by atoms with van der Waals surface area (Å²) in [5, 5.41) is 11.1. The number of nitrogens with zero attached hydrogens (tertiary/aromatic N) is 3. The molecule has 0 unspecified atom stereocenters. The van der Waals surface area contributed by atoms with Crippen LogP contribution in [0.4, 0.5) is 5.69 Å². The van der Waals surface area contributed by atoms with Gasteiger partial charge in [0.1, 0.15) is 0 Å². The third kappa shape index (κ3) is 6.43. The predicted octanol–water partition coefficient (Wildman–Crippen LogP) is 3.96. The maximum atomic E-state index is 12.9. The summed E-state index contributed by atoms with van der Waals surface area (Å²) in [7, 11) is -3.51. The minimum Gasteiger partial charge on any atom is -0.416 e. The molecule has 33 heavy (non-hydrogen) atoms. The summed E-state index contributed by atoms with van der Waals surface area (Å²) in [5.74, 6) is 0.345. The number of hydrogen-bond acceptors (Lipinski definition) is 7. The van der Waals surface area contributed by atoms with Crippen LogP contribution < -0.4 is 5.32 Å². The van der Waals surface area contributed by atoms with Crippen LogP contribution in [0.3, 0.4) is 0 Å². The van der Waals surface area contributed by atoms with Gasteiger partial charge in [-0.1, -0.05) is 54.9 Å². The highest BCUT2D eigenvalue weighted by atomic mass is 32.2. The molecule has 0 bridgehead atoms. The van der Waals surface area contributed by atoms with Crippen molar-refractivity contribution in [3.05, 3.63) is 66.1 Å². The minimum atomic E-state index is -3.51. The fourth-order valence-corrected chi connectivity index (χ4v) is 5.70. The van der Waals surface area contributed by atoms with E-state index in [-0.39, 0.29) is 16.6 Å². The standard InChI is InChI=1S/C23H26N4O4S2/c28-21(17-32-23-26-25-22(31-23)16-18-8-4-3-5-9-18)24-19-10-12-20(13-11-19)33(29,30)27-14-6-1-2-7-15-27/h3-5,8-13H,1-2,6-7,14-17H2,(H,24,28). The molecule has 3 aromatic rings. The number of amides is 1. The first-order valence-electron chi connectivity index (χ1n) is 10.9. The van der Waals surface area contributed by atoms with Gasteiger partial charge in [-0.2, -0.15) is 4.31 Å². The van der Waals surface area contributed by atoms with Gasteiger partial charge in [0.15, 0.2) is 0 Å². The van der Waals surface area contributed by atoms with E-state index in [2.05, 4.69) is 15.5 Å². The third-order valence-corrected chi connectivity index (χ3v) is 8.05. The van der Waals surface area contributed by atoms with Crippen molar-refractivity contribution in [3.63, 3.8) is 0 Å². The second-order valence-electron chi connectivity index (χ2n) is 7.80. The number of benzene rings is 2. The molecule has 1 amide bonds. The summed E-state index contributed by atoms with van der Waals surface area (Å²) in [6.45, 7) is 1.11. The molecule has 0 spiro atoms. The Morgan fingerprint density at radius 3 is 2.36 bits per heavy atom. The summed E-state index contributed by atoms with van der Waals surface area (Å²) in [6.07, 6.45) is 4.44. The molecule has 0 saturated carbocycles. The highest BCUT2D eigenvalue weighted by Gasteiger charge is 2.25. The molecule has 0 atom stereocenters. The molecular weight excluding hydrogens is 460 g/mol. The van der Waals surface area contributed by atoms with E-state index in [1.807, 2.05) is 30.3 Å². The minimum absolute atomic E-state index is 0.0980. The number of carbonyl (C=O) groups is 1. The van der Waals surface area contributed by atoms with Crippen LogP contribution in [0.15, 0.2) is 69.1 Å². The number of nitrogens with one attached hydrogen (secondary N) is 1. The second kappa shape index (κ2) is 11.0. The van der Waals surface area contributed by atoms with Crippen LogP contribution in [0.2, 0.25) is 0 Å². The Bertz CT molecular complexity index is 1160. The highest BCUT2D eigenvalue weighted by molar-refractivity contribution is 7.99. The number of anilines is 1. The Kier molecular flexibility index (Phi) is 7.79. The SMILES string of the molecule is O=C(CSc1nnc(Cc2ccccc2)o1)Nc1ccc(S(=O)(=O)N2CCCCCC2)cc1. The zero-order valence-corrected chi connectivity index (χ0v) is 19.8. The van der Waals surface area contributed by atoms with Gasteiger partial charge in [0.05, 0.1) is 17.1 Å². The molecule has 2 heterocycles. The maximum Gasteiger partial charge on any atom is 0.277 e. The van der Waals surface area contributed by atoms with Gasteiger partial charge >= 0.3 is 0 Å². The van der Waals surface area contributed by atoms with Crippen molar-refractivity contribution in [3.8, 4) is 0 Å². The lowest BCUT2D eigenvalue weighted by atomic mass is 10.2. The van der Waals surface area contributed by atoms with Gasteiger partial charge < -0.3 is 9.73 Å². The van der Waals surface area contributed by atoms with Gasteiger partial charge in [-0.3, -0.25) is 4.79 Å². The van der Waals surface area contributed by atoms with E-state index in [9.17, 15) is 13.2 Å². The van der Waals surface area contributed by atoms with Gasteiger partial charge in [-0.15, -0.1) is 10.2 Å². The number of sulfonamides is 1. The first-order valence-corrected chi connectivity index (χ1v) is 13.3. The molecule has 8 nitrogen and oxygen atoms in total. The summed E-state index contributed by atoms with van der Waals surface area (Å²) < 4.78 is 32.9. The summed E-state index contributed by atoms with van der Waals surface area (Å²) in [4.78, 5) is 12.5. The number of carbonyl (C=O) groups excluding carboxylic acids is 1. The molecule has 1 N–H and O–H groups in total. The molecule has 0 radical (unpaired) electrons. The third-order valence-electron chi connectivity index (χ3n) is 5.31. The Labute approximate surface area is 197 Å². The van der Waals surface area contributed by atoms with Crippen LogP contribution in [0.1, 0.15) is 37.1 Å². The van der Waals surface area contributed by atoms with E-state index >= 15 is 0 Å². The topological polar surface area (TPSA) is 105 Å². The van der Waals surface area contributed by atoms with E-state index in [1.54, 1.807) is 16.4 Å². The zero-order chi connectivity index (χ0) is 23.1. The van der Waals surface area contributed by atoms with Crippen molar-refractivity contribution in [2.75, 3.05) is 24.2 Å². The van der Waals surface area contributed by atoms with Gasteiger partial charge in [0, 0.05) is 18.8 Å². The largest absolute Gasteiger partial charge is 0.416 e. The Morgan fingerprint density at radius 1 is 0.970 bits per heavy atom. The normalized spacial score (nSPS) is 15.2. The predicted molar refractivity (Wildman–Crippen MR) is 127 cm³/mol. The van der Waals surface area contributed by atoms with Crippen LogP contribution in [-0.4, -0.2) is 47.7 Å². The van der Waals surface area contributed by atoms with Crippen LogP contribution in [-0.2, 0) is 21.2 Å². The molecule has 1 aromatic heterocycles. The first kappa shape index (κ1) is 23.5. The van der Waals surface area contributed by atoms with Crippen LogP contribution in [0, 0.1) is 0 Å². The molecule has 1 aliphatic rings. The average Bonchev–Trinajstić information content (AvgIpc) is 3.07. The molecule has 0 aliphatic carbocycles. The lowest BCUT2D eigenvalue weighted by Gasteiger charge is -2.20. The second-order valence-corrected chi connectivity index (χ2v) is 10.7. The number of thioether (sulfide) groups is 1. The van der Waals surface area contributed by atoms with Crippen molar-refractivity contribution in [1.29, 1.82) is 0 Å². The van der Waals surface area contributed by atoms with Gasteiger partial charge in [0.25, 0.3) is 5.22 Å². The van der Waals surface area contributed by atoms with Gasteiger partial charge in [-0.05, 0) is 42.7 Å². The highest BCUT2D eigenvalue weighted by Crippen LogP contribution is 2.22. The molecular formula is C23H26N4O4S2.